The predicted octanol–water partition coefficient (Wildman–Crippen LogP) is 2.61. The van der Waals surface area contributed by atoms with Gasteiger partial charge in [-0.15, -0.1) is 0 Å². The van der Waals surface area contributed by atoms with Gasteiger partial charge in [-0.2, -0.15) is 5.10 Å². The Hall–Kier alpha value is -1.06. The second kappa shape index (κ2) is 4.07. The molecule has 1 N–H and O–H groups in total. The van der Waals surface area contributed by atoms with E-state index in [0.29, 0.717) is 6.04 Å². The molecule has 0 amide bonds. The van der Waals surface area contributed by atoms with E-state index in [0.717, 1.165) is 41.9 Å². The molecule has 1 saturated heterocycles. The maximum Gasteiger partial charge on any atom is 0.0700 e. The third-order valence-electron chi connectivity index (χ3n) is 3.24. The molecule has 3 rings (SSSR count). The van der Waals surface area contributed by atoms with Crippen molar-refractivity contribution in [2.24, 2.45) is 0 Å². The molecule has 1 aliphatic rings. The quantitative estimate of drug-likeness (QED) is 0.824. The van der Waals surface area contributed by atoms with Crippen LogP contribution < -0.4 is 5.32 Å². The molecule has 2 heterocycles. The van der Waals surface area contributed by atoms with Crippen molar-refractivity contribution < 1.29 is 0 Å². The fourth-order valence-electron chi connectivity index (χ4n) is 2.38. The third-order valence-corrected chi connectivity index (χ3v) is 3.57. The van der Waals surface area contributed by atoms with E-state index in [1.165, 1.54) is 0 Å². The minimum atomic E-state index is 0.511. The van der Waals surface area contributed by atoms with Crippen LogP contribution in [0.3, 0.4) is 0 Å². The van der Waals surface area contributed by atoms with Gasteiger partial charge in [-0.3, -0.25) is 4.68 Å². The Morgan fingerprint density at radius 3 is 2.94 bits per heavy atom. The Kier molecular flexibility index (Phi) is 2.58. The van der Waals surface area contributed by atoms with Crippen LogP contribution in [0.15, 0.2) is 24.4 Å². The molecule has 4 heteroatoms. The summed E-state index contributed by atoms with van der Waals surface area (Å²) in [5.74, 6) is 0. The van der Waals surface area contributed by atoms with Crippen LogP contribution in [-0.2, 0) is 0 Å². The van der Waals surface area contributed by atoms with Gasteiger partial charge in [0.25, 0.3) is 0 Å². The molecule has 16 heavy (non-hydrogen) atoms. The number of rotatable bonds is 1. The van der Waals surface area contributed by atoms with Crippen molar-refractivity contribution in [2.45, 2.75) is 18.9 Å². The Bertz CT molecular complexity index is 500. The first-order valence-electron chi connectivity index (χ1n) is 5.69. The highest BCUT2D eigenvalue weighted by Crippen LogP contribution is 2.27. The van der Waals surface area contributed by atoms with Gasteiger partial charge in [-0.1, -0.05) is 17.7 Å². The predicted molar refractivity (Wildman–Crippen MR) is 65.9 cm³/mol. The van der Waals surface area contributed by atoms with Crippen molar-refractivity contribution in [3.63, 3.8) is 0 Å². The second-order valence-electron chi connectivity index (χ2n) is 4.24. The summed E-state index contributed by atoms with van der Waals surface area (Å²) in [6, 6.07) is 6.51. The van der Waals surface area contributed by atoms with Crippen molar-refractivity contribution in [2.75, 3.05) is 13.1 Å². The zero-order valence-corrected chi connectivity index (χ0v) is 9.74. The smallest absolute Gasteiger partial charge is 0.0700 e. The van der Waals surface area contributed by atoms with Crippen molar-refractivity contribution in [3.8, 4) is 0 Å². The normalized spacial score (nSPS) is 18.1. The summed E-state index contributed by atoms with van der Waals surface area (Å²) in [6.07, 6.45) is 4.16. The molecule has 0 bridgehead atoms. The van der Waals surface area contributed by atoms with E-state index in [4.69, 9.17) is 11.6 Å². The van der Waals surface area contributed by atoms with Crippen LogP contribution in [-0.4, -0.2) is 22.9 Å². The maximum absolute atomic E-state index is 6.14. The summed E-state index contributed by atoms with van der Waals surface area (Å²) in [5.41, 5.74) is 1.15. The van der Waals surface area contributed by atoms with E-state index in [1.54, 1.807) is 0 Å². The monoisotopic (exact) mass is 235 g/mol. The number of aromatic nitrogens is 2. The number of nitrogens with zero attached hydrogens (tertiary/aromatic N) is 2. The SMILES string of the molecule is Clc1cccc2c1cnn2C1CCNCC1. The summed E-state index contributed by atoms with van der Waals surface area (Å²) in [4.78, 5) is 0. The van der Waals surface area contributed by atoms with E-state index in [1.807, 2.05) is 18.3 Å². The minimum absolute atomic E-state index is 0.511. The second-order valence-corrected chi connectivity index (χ2v) is 4.65. The molecule has 2 aromatic rings. The van der Waals surface area contributed by atoms with Gasteiger partial charge in [-0.25, -0.2) is 0 Å². The minimum Gasteiger partial charge on any atom is -0.317 e. The Morgan fingerprint density at radius 2 is 2.12 bits per heavy atom. The van der Waals surface area contributed by atoms with Crippen molar-refractivity contribution >= 4 is 22.5 Å². The topological polar surface area (TPSA) is 29.9 Å². The summed E-state index contributed by atoms with van der Waals surface area (Å²) >= 11 is 6.14. The molecular formula is C12H14ClN3. The summed E-state index contributed by atoms with van der Waals surface area (Å²) in [7, 11) is 0. The average Bonchev–Trinajstić information content (AvgIpc) is 2.75. The molecule has 84 valence electrons. The first-order valence-corrected chi connectivity index (χ1v) is 6.06. The Labute approximate surface area is 99.4 Å². The molecule has 0 aliphatic carbocycles. The summed E-state index contributed by atoms with van der Waals surface area (Å²) in [5, 5.41) is 9.70. The van der Waals surface area contributed by atoms with Crippen LogP contribution in [0.2, 0.25) is 5.02 Å². The van der Waals surface area contributed by atoms with Crippen LogP contribution in [0.5, 0.6) is 0 Å². The molecular weight excluding hydrogens is 222 g/mol. The zero-order valence-electron chi connectivity index (χ0n) is 8.99. The highest BCUT2D eigenvalue weighted by atomic mass is 35.5. The lowest BCUT2D eigenvalue weighted by atomic mass is 10.1. The molecule has 0 radical (unpaired) electrons. The third kappa shape index (κ3) is 1.60. The number of halogens is 1. The molecule has 1 aromatic carbocycles. The van der Waals surface area contributed by atoms with E-state index >= 15 is 0 Å². The molecule has 0 unspecified atom stereocenters. The summed E-state index contributed by atoms with van der Waals surface area (Å²) in [6.45, 7) is 2.15. The van der Waals surface area contributed by atoms with E-state index in [2.05, 4.69) is 21.2 Å². The highest BCUT2D eigenvalue weighted by molar-refractivity contribution is 6.35. The molecule has 0 saturated carbocycles. The lowest BCUT2D eigenvalue weighted by molar-refractivity contribution is 0.351. The number of hydrogen-bond donors (Lipinski definition) is 1. The number of fused-ring (bicyclic) bond motifs is 1. The number of benzene rings is 1. The largest absolute Gasteiger partial charge is 0.317 e. The fraction of sp³-hybridized carbons (Fsp3) is 0.417. The van der Waals surface area contributed by atoms with Crippen molar-refractivity contribution in [3.05, 3.63) is 29.4 Å². The molecule has 0 spiro atoms. The molecule has 3 nitrogen and oxygen atoms in total. The van der Waals surface area contributed by atoms with Crippen LogP contribution in [0.25, 0.3) is 10.9 Å². The highest BCUT2D eigenvalue weighted by Gasteiger charge is 2.17. The van der Waals surface area contributed by atoms with Crippen molar-refractivity contribution in [1.82, 2.24) is 15.1 Å². The average molecular weight is 236 g/mol. The number of piperidine rings is 1. The van der Waals surface area contributed by atoms with Gasteiger partial charge >= 0.3 is 0 Å². The standard InChI is InChI=1S/C12H14ClN3/c13-11-2-1-3-12-10(11)8-15-16(12)9-4-6-14-7-5-9/h1-3,8-9,14H,4-7H2. The van der Waals surface area contributed by atoms with Crippen LogP contribution in [0.4, 0.5) is 0 Å². The number of nitrogens with one attached hydrogen (secondary N) is 1. The Morgan fingerprint density at radius 1 is 1.31 bits per heavy atom. The molecule has 1 aliphatic heterocycles. The van der Waals surface area contributed by atoms with E-state index in [9.17, 15) is 0 Å². The van der Waals surface area contributed by atoms with E-state index < -0.39 is 0 Å². The lowest BCUT2D eigenvalue weighted by Gasteiger charge is -2.23. The van der Waals surface area contributed by atoms with Gasteiger partial charge in [0.1, 0.15) is 0 Å². The maximum atomic E-state index is 6.14. The molecule has 1 aromatic heterocycles. The van der Waals surface area contributed by atoms with Crippen LogP contribution in [0.1, 0.15) is 18.9 Å². The zero-order chi connectivity index (χ0) is 11.0. The Balaban J connectivity index is 2.06. The van der Waals surface area contributed by atoms with Crippen molar-refractivity contribution in [1.29, 1.82) is 0 Å². The van der Waals surface area contributed by atoms with Crippen LogP contribution in [0, 0.1) is 0 Å². The van der Waals surface area contributed by atoms with Crippen LogP contribution >= 0.6 is 11.6 Å². The number of hydrogen-bond acceptors (Lipinski definition) is 2. The molecule has 0 atom stereocenters. The van der Waals surface area contributed by atoms with Gasteiger partial charge in [0.15, 0.2) is 0 Å². The fourth-order valence-corrected chi connectivity index (χ4v) is 2.60. The van der Waals surface area contributed by atoms with Gasteiger partial charge in [-0.05, 0) is 38.1 Å². The van der Waals surface area contributed by atoms with Gasteiger partial charge < -0.3 is 5.32 Å². The lowest BCUT2D eigenvalue weighted by Crippen LogP contribution is -2.29. The van der Waals surface area contributed by atoms with Gasteiger partial charge in [0.05, 0.1) is 22.8 Å². The van der Waals surface area contributed by atoms with E-state index in [-0.39, 0.29) is 0 Å². The van der Waals surface area contributed by atoms with Gasteiger partial charge in [0, 0.05) is 5.39 Å². The first kappa shape index (κ1) is 10.1. The first-order chi connectivity index (χ1) is 7.86. The summed E-state index contributed by atoms with van der Waals surface area (Å²) < 4.78 is 2.13. The molecule has 1 fully saturated rings. The van der Waals surface area contributed by atoms with Gasteiger partial charge in [0.2, 0.25) is 0 Å².